The molecule has 0 spiro atoms. The van der Waals surface area contributed by atoms with E-state index in [1.54, 1.807) is 0 Å². The summed E-state index contributed by atoms with van der Waals surface area (Å²) in [7, 11) is 0. The number of carbonyl (C=O) groups excluding carboxylic acids is 1. The van der Waals surface area contributed by atoms with Gasteiger partial charge >= 0.3 is 0 Å². The molecule has 1 saturated heterocycles. The Bertz CT molecular complexity index is 244. The van der Waals surface area contributed by atoms with E-state index in [1.807, 2.05) is 6.92 Å². The van der Waals surface area contributed by atoms with Crippen LogP contribution in [0.5, 0.6) is 0 Å². The Labute approximate surface area is 100.0 Å². The van der Waals surface area contributed by atoms with Crippen LogP contribution in [-0.2, 0) is 4.79 Å². The Hall–Kier alpha value is -0.750. The molecule has 1 amide bonds. The molecule has 2 atom stereocenters. The minimum absolute atomic E-state index is 0.0186. The van der Waals surface area contributed by atoms with Crippen molar-refractivity contribution in [3.8, 4) is 0 Å². The summed E-state index contributed by atoms with van der Waals surface area (Å²) in [6.45, 7) is 1.67. The van der Waals surface area contributed by atoms with E-state index in [4.69, 9.17) is 5.11 Å². The van der Waals surface area contributed by atoms with E-state index in [0.717, 1.165) is 17.7 Å². The van der Waals surface area contributed by atoms with E-state index >= 15 is 0 Å². The minimum Gasteiger partial charge on any atom is -0.395 e. The number of aliphatic hydroxyl groups excluding tert-OH is 1. The maximum absolute atomic E-state index is 12.3. The summed E-state index contributed by atoms with van der Waals surface area (Å²) in [4.78, 5) is 13.0. The highest BCUT2D eigenvalue weighted by atomic mass is 19.3. The second kappa shape index (κ2) is 6.86. The van der Waals surface area contributed by atoms with E-state index in [2.05, 4.69) is 5.32 Å². The van der Waals surface area contributed by atoms with Crippen LogP contribution in [0.15, 0.2) is 0 Å². The number of hydrogen-bond acceptors (Lipinski definition) is 3. The predicted octanol–water partition coefficient (Wildman–Crippen LogP) is 0.460. The topological polar surface area (TPSA) is 52.6 Å². The van der Waals surface area contributed by atoms with Crippen molar-refractivity contribution in [2.24, 2.45) is 5.92 Å². The predicted molar refractivity (Wildman–Crippen MR) is 59.9 cm³/mol. The maximum atomic E-state index is 12.3. The van der Waals surface area contributed by atoms with Crippen LogP contribution in [0.25, 0.3) is 0 Å². The zero-order valence-electron chi connectivity index (χ0n) is 10.0. The number of hydrogen-bond donors (Lipinski definition) is 2. The lowest BCUT2D eigenvalue weighted by Gasteiger charge is -2.31. The van der Waals surface area contributed by atoms with Gasteiger partial charge in [0, 0.05) is 19.1 Å². The van der Waals surface area contributed by atoms with Crippen LogP contribution in [0.1, 0.15) is 19.8 Å². The van der Waals surface area contributed by atoms with E-state index in [0.29, 0.717) is 12.6 Å². The minimum atomic E-state index is -2.55. The van der Waals surface area contributed by atoms with Gasteiger partial charge in [-0.25, -0.2) is 8.78 Å². The van der Waals surface area contributed by atoms with Gasteiger partial charge in [-0.2, -0.15) is 0 Å². The summed E-state index contributed by atoms with van der Waals surface area (Å²) in [6, 6.07) is 0.375. The first-order chi connectivity index (χ1) is 8.04. The number of aliphatic hydroxyl groups is 1. The van der Waals surface area contributed by atoms with E-state index in [-0.39, 0.29) is 25.0 Å². The Balaban J connectivity index is 2.51. The van der Waals surface area contributed by atoms with Crippen LogP contribution in [0.3, 0.4) is 0 Å². The van der Waals surface area contributed by atoms with Crippen molar-refractivity contribution >= 4 is 5.91 Å². The van der Waals surface area contributed by atoms with Crippen molar-refractivity contribution in [1.82, 2.24) is 10.2 Å². The van der Waals surface area contributed by atoms with Gasteiger partial charge in [0.05, 0.1) is 19.1 Å². The highest BCUT2D eigenvalue weighted by molar-refractivity contribution is 5.79. The molecule has 0 radical (unpaired) electrons. The molecule has 4 nitrogen and oxygen atoms in total. The molecule has 6 heteroatoms. The summed E-state index contributed by atoms with van der Waals surface area (Å²) in [5, 5.41) is 12.0. The molecule has 0 aromatic heterocycles. The fraction of sp³-hybridized carbons (Fsp3) is 0.909. The Morgan fingerprint density at radius 3 is 2.71 bits per heavy atom. The molecule has 2 N–H and O–H groups in total. The van der Waals surface area contributed by atoms with Gasteiger partial charge in [0.2, 0.25) is 5.91 Å². The number of amides is 1. The molecule has 0 saturated carbocycles. The van der Waals surface area contributed by atoms with Gasteiger partial charge in [-0.15, -0.1) is 0 Å². The number of nitrogens with zero attached hydrogens (tertiary/aromatic N) is 1. The second-order valence-corrected chi connectivity index (χ2v) is 4.48. The zero-order chi connectivity index (χ0) is 12.8. The van der Waals surface area contributed by atoms with Crippen LogP contribution >= 0.6 is 0 Å². The molecule has 1 heterocycles. The molecular weight excluding hydrogens is 230 g/mol. The molecule has 100 valence electrons. The first-order valence-electron chi connectivity index (χ1n) is 5.95. The number of carbonyl (C=O) groups is 1. The smallest absolute Gasteiger partial charge is 0.255 e. The van der Waals surface area contributed by atoms with Gasteiger partial charge in [-0.3, -0.25) is 4.79 Å². The van der Waals surface area contributed by atoms with Crippen molar-refractivity contribution in [2.45, 2.75) is 32.2 Å². The van der Waals surface area contributed by atoms with Crippen LogP contribution in [0, 0.1) is 5.92 Å². The number of nitrogens with one attached hydrogen (secondary N) is 1. The number of halogens is 2. The first-order valence-corrected chi connectivity index (χ1v) is 5.95. The zero-order valence-corrected chi connectivity index (χ0v) is 10.0. The number of alkyl halides is 2. The third-order valence-electron chi connectivity index (χ3n) is 3.05. The molecule has 0 bridgehead atoms. The third-order valence-corrected chi connectivity index (χ3v) is 3.05. The second-order valence-electron chi connectivity index (χ2n) is 4.48. The highest BCUT2D eigenvalue weighted by Gasteiger charge is 2.28. The van der Waals surface area contributed by atoms with Crippen LogP contribution in [0.4, 0.5) is 8.78 Å². The normalized spacial score (nSPS) is 25.0. The molecular formula is C11H20F2N2O2. The molecule has 17 heavy (non-hydrogen) atoms. The molecule has 0 aromatic carbocycles. The van der Waals surface area contributed by atoms with Gasteiger partial charge in [0.25, 0.3) is 6.43 Å². The molecule has 0 aromatic rings. The fourth-order valence-electron chi connectivity index (χ4n) is 2.05. The average Bonchev–Trinajstić information content (AvgIpc) is 2.28. The molecule has 1 aliphatic heterocycles. The Kier molecular flexibility index (Phi) is 5.77. The molecule has 1 aliphatic rings. The van der Waals surface area contributed by atoms with Crippen molar-refractivity contribution in [2.75, 3.05) is 26.2 Å². The number of piperidine rings is 1. The van der Waals surface area contributed by atoms with Crippen molar-refractivity contribution in [3.05, 3.63) is 0 Å². The summed E-state index contributed by atoms with van der Waals surface area (Å²) < 4.78 is 24.6. The number of rotatable bonds is 5. The quantitative estimate of drug-likeness (QED) is 0.745. The highest BCUT2D eigenvalue weighted by Crippen LogP contribution is 2.17. The average molecular weight is 250 g/mol. The largest absolute Gasteiger partial charge is 0.395 e. The SMILES string of the molecule is CC1CCC(C(=O)N(CCO)CC(F)F)CN1. The maximum Gasteiger partial charge on any atom is 0.255 e. The van der Waals surface area contributed by atoms with E-state index in [1.165, 1.54) is 0 Å². The summed E-state index contributed by atoms with van der Waals surface area (Å²) in [5.41, 5.74) is 0. The lowest BCUT2D eigenvalue weighted by atomic mass is 9.94. The fourth-order valence-corrected chi connectivity index (χ4v) is 2.05. The van der Waals surface area contributed by atoms with Gasteiger partial charge in [-0.05, 0) is 19.8 Å². The van der Waals surface area contributed by atoms with Gasteiger partial charge < -0.3 is 15.3 Å². The first kappa shape index (κ1) is 14.3. The monoisotopic (exact) mass is 250 g/mol. The molecule has 1 rings (SSSR count). The molecule has 0 aliphatic carbocycles. The van der Waals surface area contributed by atoms with E-state index in [9.17, 15) is 13.6 Å². The summed E-state index contributed by atoms with van der Waals surface area (Å²) in [6.07, 6.45) is -0.961. The van der Waals surface area contributed by atoms with Crippen molar-refractivity contribution < 1.29 is 18.7 Å². The van der Waals surface area contributed by atoms with Gasteiger partial charge in [-0.1, -0.05) is 0 Å². The summed E-state index contributed by atoms with van der Waals surface area (Å²) in [5.74, 6) is -0.518. The lowest BCUT2D eigenvalue weighted by molar-refractivity contribution is -0.138. The lowest BCUT2D eigenvalue weighted by Crippen LogP contribution is -2.47. The van der Waals surface area contributed by atoms with E-state index < -0.39 is 13.0 Å². The van der Waals surface area contributed by atoms with Crippen LogP contribution in [0.2, 0.25) is 0 Å². The Morgan fingerprint density at radius 1 is 1.53 bits per heavy atom. The molecule has 1 fully saturated rings. The van der Waals surface area contributed by atoms with Crippen molar-refractivity contribution in [3.63, 3.8) is 0 Å². The standard InChI is InChI=1S/C11H20F2N2O2/c1-8-2-3-9(6-14-8)11(17)15(4-5-16)7-10(12)13/h8-10,14,16H,2-7H2,1H3. The Morgan fingerprint density at radius 2 is 2.24 bits per heavy atom. The van der Waals surface area contributed by atoms with Crippen LogP contribution in [-0.4, -0.2) is 54.6 Å². The third kappa shape index (κ3) is 4.55. The molecule has 2 unspecified atom stereocenters. The van der Waals surface area contributed by atoms with Crippen molar-refractivity contribution in [1.29, 1.82) is 0 Å². The van der Waals surface area contributed by atoms with Gasteiger partial charge in [0.15, 0.2) is 0 Å². The summed E-state index contributed by atoms with van der Waals surface area (Å²) >= 11 is 0. The van der Waals surface area contributed by atoms with Crippen LogP contribution < -0.4 is 5.32 Å². The van der Waals surface area contributed by atoms with Gasteiger partial charge in [0.1, 0.15) is 0 Å².